The number of benzene rings is 2. The molecule has 170 valence electrons. The van der Waals surface area contributed by atoms with Crippen LogP contribution < -0.4 is 5.32 Å². The van der Waals surface area contributed by atoms with Gasteiger partial charge >= 0.3 is 11.9 Å². The van der Waals surface area contributed by atoms with E-state index in [-0.39, 0.29) is 24.8 Å². The van der Waals surface area contributed by atoms with Gasteiger partial charge in [-0.05, 0) is 92.3 Å². The quantitative estimate of drug-likeness (QED) is 0.626. The molecule has 2 aromatic carbocycles. The van der Waals surface area contributed by atoms with Gasteiger partial charge in [0.2, 0.25) is 0 Å². The third kappa shape index (κ3) is 7.51. The average Bonchev–Trinajstić information content (AvgIpc) is 3.06. The fourth-order valence-electron chi connectivity index (χ4n) is 3.78. The predicted octanol–water partition coefficient (Wildman–Crippen LogP) is 3.33. The third-order valence-corrected chi connectivity index (χ3v) is 5.57. The lowest BCUT2D eigenvalue weighted by Gasteiger charge is -2.10. The number of aromatic carboxylic acids is 2. The predicted molar refractivity (Wildman–Crippen MR) is 126 cm³/mol. The van der Waals surface area contributed by atoms with Gasteiger partial charge < -0.3 is 20.4 Å². The number of nitrogens with one attached hydrogen (secondary N) is 1. The molecule has 4 rings (SSSR count). The van der Waals surface area contributed by atoms with Gasteiger partial charge in [0.1, 0.15) is 0 Å². The van der Waals surface area contributed by atoms with Crippen molar-refractivity contribution in [1.82, 2.24) is 10.2 Å². The van der Waals surface area contributed by atoms with E-state index in [1.165, 1.54) is 22.3 Å². The molecule has 0 unspecified atom stereocenters. The van der Waals surface area contributed by atoms with Crippen LogP contribution in [0.15, 0.2) is 36.4 Å². The Labute approximate surface area is 195 Å². The first kappa shape index (κ1) is 26.9. The largest absolute Gasteiger partial charge is 0.478 e. The monoisotopic (exact) mass is 468 g/mol. The van der Waals surface area contributed by atoms with Crippen LogP contribution in [0.25, 0.3) is 0 Å². The molecular weight excluding hydrogens is 439 g/mol. The van der Waals surface area contributed by atoms with E-state index in [2.05, 4.69) is 17.3 Å². The average molecular weight is 469 g/mol. The minimum absolute atomic E-state index is 0. The Morgan fingerprint density at radius 3 is 1.68 bits per heavy atom. The summed E-state index contributed by atoms with van der Waals surface area (Å²) in [4.78, 5) is 23.9. The fourth-order valence-corrected chi connectivity index (χ4v) is 3.78. The van der Waals surface area contributed by atoms with Gasteiger partial charge in [0.25, 0.3) is 0 Å². The van der Waals surface area contributed by atoms with Crippen LogP contribution in [-0.4, -0.2) is 60.3 Å². The van der Waals surface area contributed by atoms with E-state index in [0.717, 1.165) is 51.9 Å². The number of likely N-dealkylation sites (N-methyl/N-ethyl adjacent to an activating group) is 1. The molecule has 2 heterocycles. The molecule has 0 spiro atoms. The van der Waals surface area contributed by atoms with E-state index in [0.29, 0.717) is 11.1 Å². The Morgan fingerprint density at radius 2 is 1.16 bits per heavy atom. The molecule has 2 aromatic rings. The highest BCUT2D eigenvalue weighted by molar-refractivity contribution is 5.88. The number of hydrogen-bond donors (Lipinski definition) is 3. The van der Waals surface area contributed by atoms with Crippen LogP contribution in [0.3, 0.4) is 0 Å². The van der Waals surface area contributed by atoms with Gasteiger partial charge in [-0.25, -0.2) is 9.59 Å². The van der Waals surface area contributed by atoms with Gasteiger partial charge in [0, 0.05) is 13.1 Å². The summed E-state index contributed by atoms with van der Waals surface area (Å²) in [5.41, 5.74) is 5.74. The van der Waals surface area contributed by atoms with Crippen molar-refractivity contribution < 1.29 is 19.8 Å². The molecule has 0 saturated carbocycles. The van der Waals surface area contributed by atoms with Crippen LogP contribution in [0.2, 0.25) is 0 Å². The fraction of sp³-hybridized carbons (Fsp3) is 0.391. The lowest BCUT2D eigenvalue weighted by atomic mass is 10.0. The standard InChI is InChI=1S/C12H15NO2.C11H13NO2.2ClH/c1-13-6-4-9-2-3-11(12(14)15)8-10(9)5-7-13;13-11(14)10-2-1-8-3-5-12-6-4-9(8)7-10;;/h2-3,8H,4-7H2,1H3,(H,14,15);1-2,7,12H,3-6H2,(H,13,14);2*1H. The Bertz CT molecular complexity index is 905. The summed E-state index contributed by atoms with van der Waals surface area (Å²) in [5, 5.41) is 21.0. The van der Waals surface area contributed by atoms with Crippen LogP contribution in [0.1, 0.15) is 43.0 Å². The Morgan fingerprint density at radius 1 is 0.742 bits per heavy atom. The van der Waals surface area contributed by atoms with Gasteiger partial charge in [0.15, 0.2) is 0 Å². The highest BCUT2D eigenvalue weighted by atomic mass is 35.5. The summed E-state index contributed by atoms with van der Waals surface area (Å²) in [5.74, 6) is -1.68. The lowest BCUT2D eigenvalue weighted by Crippen LogP contribution is -2.20. The van der Waals surface area contributed by atoms with E-state index in [9.17, 15) is 9.59 Å². The molecule has 2 aliphatic rings. The van der Waals surface area contributed by atoms with Crippen molar-refractivity contribution in [3.8, 4) is 0 Å². The Balaban J connectivity index is 0.000000292. The van der Waals surface area contributed by atoms with Crippen LogP contribution in [0.4, 0.5) is 0 Å². The molecule has 0 radical (unpaired) electrons. The highest BCUT2D eigenvalue weighted by Gasteiger charge is 2.13. The lowest BCUT2D eigenvalue weighted by molar-refractivity contribution is 0.0686. The number of carbonyl (C=O) groups is 2. The van der Waals surface area contributed by atoms with Gasteiger partial charge in [0.05, 0.1) is 11.1 Å². The van der Waals surface area contributed by atoms with Crippen LogP contribution in [0, 0.1) is 0 Å². The molecule has 0 fully saturated rings. The molecular formula is C23H30Cl2N2O4. The first-order valence-corrected chi connectivity index (χ1v) is 10.0. The third-order valence-electron chi connectivity index (χ3n) is 5.57. The second-order valence-corrected chi connectivity index (χ2v) is 7.63. The first-order valence-electron chi connectivity index (χ1n) is 10.0. The molecule has 0 saturated heterocycles. The van der Waals surface area contributed by atoms with Crippen LogP contribution >= 0.6 is 24.8 Å². The number of hydrogen-bond acceptors (Lipinski definition) is 4. The number of rotatable bonds is 2. The summed E-state index contributed by atoms with van der Waals surface area (Å²) < 4.78 is 0. The maximum Gasteiger partial charge on any atom is 0.335 e. The van der Waals surface area contributed by atoms with E-state index in [4.69, 9.17) is 10.2 Å². The minimum Gasteiger partial charge on any atom is -0.478 e. The molecule has 0 aliphatic carbocycles. The molecule has 2 aliphatic heterocycles. The summed E-state index contributed by atoms with van der Waals surface area (Å²) in [7, 11) is 2.10. The topological polar surface area (TPSA) is 89.9 Å². The maximum atomic E-state index is 10.8. The zero-order valence-electron chi connectivity index (χ0n) is 17.6. The molecule has 31 heavy (non-hydrogen) atoms. The molecule has 0 amide bonds. The molecule has 8 heteroatoms. The molecule has 0 bridgehead atoms. The number of nitrogens with zero attached hydrogens (tertiary/aromatic N) is 1. The SMILES string of the molecule is CN1CCc2ccc(C(=O)O)cc2CC1.Cl.Cl.O=C(O)c1ccc2c(c1)CCNCC2. The number of carboxylic acid groups (broad SMARTS) is 2. The minimum atomic E-state index is -0.843. The van der Waals surface area contributed by atoms with Crippen LogP contribution in [0.5, 0.6) is 0 Å². The van der Waals surface area contributed by atoms with Gasteiger partial charge in [-0.2, -0.15) is 0 Å². The van der Waals surface area contributed by atoms with Crippen molar-refractivity contribution in [3.63, 3.8) is 0 Å². The van der Waals surface area contributed by atoms with Crippen molar-refractivity contribution in [2.75, 3.05) is 33.2 Å². The van der Waals surface area contributed by atoms with E-state index in [1.54, 1.807) is 18.2 Å². The zero-order valence-corrected chi connectivity index (χ0v) is 19.2. The van der Waals surface area contributed by atoms with E-state index >= 15 is 0 Å². The Hall–Kier alpha value is -2.12. The second-order valence-electron chi connectivity index (χ2n) is 7.63. The molecule has 0 aromatic heterocycles. The van der Waals surface area contributed by atoms with E-state index < -0.39 is 11.9 Å². The molecule has 0 atom stereocenters. The van der Waals surface area contributed by atoms with Gasteiger partial charge in [-0.1, -0.05) is 12.1 Å². The smallest absolute Gasteiger partial charge is 0.335 e. The summed E-state index contributed by atoms with van der Waals surface area (Å²) in [6, 6.07) is 10.9. The van der Waals surface area contributed by atoms with Crippen molar-refractivity contribution in [2.45, 2.75) is 25.7 Å². The molecule has 3 N–H and O–H groups in total. The first-order chi connectivity index (χ1) is 13.9. The highest BCUT2D eigenvalue weighted by Crippen LogP contribution is 2.17. The number of fused-ring (bicyclic) bond motifs is 2. The normalized spacial score (nSPS) is 15.3. The van der Waals surface area contributed by atoms with Gasteiger partial charge in [-0.15, -0.1) is 24.8 Å². The summed E-state index contributed by atoms with van der Waals surface area (Å²) in [6.45, 7) is 3.99. The summed E-state index contributed by atoms with van der Waals surface area (Å²) >= 11 is 0. The van der Waals surface area contributed by atoms with Crippen molar-refractivity contribution in [3.05, 3.63) is 69.8 Å². The van der Waals surface area contributed by atoms with Crippen molar-refractivity contribution in [1.29, 1.82) is 0 Å². The van der Waals surface area contributed by atoms with Crippen molar-refractivity contribution >= 4 is 36.8 Å². The number of carboxylic acids is 2. The van der Waals surface area contributed by atoms with Crippen molar-refractivity contribution in [2.24, 2.45) is 0 Å². The second kappa shape index (κ2) is 12.7. The maximum absolute atomic E-state index is 10.8. The Kier molecular flexibility index (Phi) is 11.0. The van der Waals surface area contributed by atoms with E-state index in [1.807, 2.05) is 18.2 Å². The zero-order chi connectivity index (χ0) is 20.8. The summed E-state index contributed by atoms with van der Waals surface area (Å²) in [6.07, 6.45) is 3.89. The van der Waals surface area contributed by atoms with Gasteiger partial charge in [-0.3, -0.25) is 0 Å². The number of halogens is 2. The van der Waals surface area contributed by atoms with Crippen LogP contribution in [-0.2, 0) is 25.7 Å². The molecule has 6 nitrogen and oxygen atoms in total.